The fraction of sp³-hybridized carbons (Fsp3) is 0.353. The molecule has 0 saturated carbocycles. The minimum atomic E-state index is -0.262. The number of carbonyl (C=O) groups is 1. The average molecular weight is 288 g/mol. The summed E-state index contributed by atoms with van der Waals surface area (Å²) in [6.07, 6.45) is 0. The fourth-order valence-electron chi connectivity index (χ4n) is 2.47. The average Bonchev–Trinajstić information content (AvgIpc) is 2.75. The minimum Gasteiger partial charge on any atom is -0.318 e. The van der Waals surface area contributed by atoms with Crippen LogP contribution in [0.5, 0.6) is 0 Å². The molecule has 0 aliphatic heterocycles. The molecule has 0 amide bonds. The number of likely N-dealkylation sites (N-methyl/N-ethyl adjacent to an activating group) is 1. The van der Waals surface area contributed by atoms with E-state index in [0.29, 0.717) is 6.54 Å². The van der Waals surface area contributed by atoms with Gasteiger partial charge in [-0.15, -0.1) is 0 Å². The summed E-state index contributed by atoms with van der Waals surface area (Å²) in [6, 6.07) is 8.22. The van der Waals surface area contributed by atoms with Crippen LogP contribution in [0, 0.1) is 19.7 Å². The van der Waals surface area contributed by atoms with Crippen LogP contribution in [0.15, 0.2) is 30.3 Å². The molecule has 112 valence electrons. The highest BCUT2D eigenvalue weighted by Gasteiger charge is 2.17. The molecule has 2 rings (SSSR count). The number of carbonyl (C=O) groups excluding carboxylic acids is 1. The smallest absolute Gasteiger partial charge is 0.178 e. The van der Waals surface area contributed by atoms with Crippen molar-refractivity contribution in [3.05, 3.63) is 53.1 Å². The lowest BCUT2D eigenvalue weighted by molar-refractivity contribution is 0.0948. The van der Waals surface area contributed by atoms with Gasteiger partial charge in [0.2, 0.25) is 0 Å². The van der Waals surface area contributed by atoms with Crippen LogP contribution in [-0.4, -0.2) is 35.4 Å². The Balaban J connectivity index is 2.38. The van der Waals surface area contributed by atoms with Crippen molar-refractivity contribution in [2.24, 2.45) is 0 Å². The Bertz CT molecular complexity index is 644. The predicted octanol–water partition coefficient (Wildman–Crippen LogP) is 3.37. The van der Waals surface area contributed by atoms with Crippen LogP contribution in [0.25, 0.3) is 5.69 Å². The Labute approximate surface area is 125 Å². The van der Waals surface area contributed by atoms with Gasteiger partial charge in [-0.25, -0.2) is 4.39 Å². The number of aromatic nitrogens is 1. The molecule has 1 aromatic heterocycles. The van der Waals surface area contributed by atoms with Gasteiger partial charge in [0, 0.05) is 22.6 Å². The van der Waals surface area contributed by atoms with E-state index in [4.69, 9.17) is 0 Å². The van der Waals surface area contributed by atoms with Crippen LogP contribution in [0.2, 0.25) is 0 Å². The van der Waals surface area contributed by atoms with Crippen LogP contribution in [-0.2, 0) is 0 Å². The Hall–Kier alpha value is -1.94. The highest BCUT2D eigenvalue weighted by Crippen LogP contribution is 2.21. The number of rotatable bonds is 5. The SMILES string of the molecule is CCN(C)CC(=O)c1cc(C)n(-c2ccc(F)cc2)c1C. The Morgan fingerprint density at radius 2 is 1.86 bits per heavy atom. The lowest BCUT2D eigenvalue weighted by Crippen LogP contribution is -2.25. The van der Waals surface area contributed by atoms with Gasteiger partial charge in [0.25, 0.3) is 0 Å². The monoisotopic (exact) mass is 288 g/mol. The highest BCUT2D eigenvalue weighted by atomic mass is 19.1. The van der Waals surface area contributed by atoms with E-state index >= 15 is 0 Å². The molecule has 1 heterocycles. The Kier molecular flexibility index (Phi) is 4.58. The third-order valence-electron chi connectivity index (χ3n) is 3.77. The van der Waals surface area contributed by atoms with Gasteiger partial charge in [-0.2, -0.15) is 0 Å². The number of hydrogen-bond acceptors (Lipinski definition) is 2. The maximum absolute atomic E-state index is 13.1. The summed E-state index contributed by atoms with van der Waals surface area (Å²) in [7, 11) is 1.93. The van der Waals surface area contributed by atoms with Crippen molar-refractivity contribution in [1.82, 2.24) is 9.47 Å². The number of Topliss-reactive ketones (excluding diaryl/α,β-unsaturated/α-hetero) is 1. The number of aryl methyl sites for hydroxylation is 1. The second-order valence-corrected chi connectivity index (χ2v) is 5.35. The van der Waals surface area contributed by atoms with Crippen molar-refractivity contribution in [3.8, 4) is 5.69 Å². The van der Waals surface area contributed by atoms with E-state index in [1.807, 2.05) is 43.4 Å². The summed E-state index contributed by atoms with van der Waals surface area (Å²) < 4.78 is 15.0. The van der Waals surface area contributed by atoms with Crippen LogP contribution >= 0.6 is 0 Å². The van der Waals surface area contributed by atoms with Crippen molar-refractivity contribution in [1.29, 1.82) is 0 Å². The number of halogens is 1. The quantitative estimate of drug-likeness (QED) is 0.788. The van der Waals surface area contributed by atoms with E-state index in [1.165, 1.54) is 12.1 Å². The van der Waals surface area contributed by atoms with Crippen molar-refractivity contribution in [2.45, 2.75) is 20.8 Å². The lowest BCUT2D eigenvalue weighted by Gasteiger charge is -2.13. The Morgan fingerprint density at radius 3 is 2.43 bits per heavy atom. The predicted molar refractivity (Wildman–Crippen MR) is 82.7 cm³/mol. The standard InChI is InChI=1S/C17H21FN2O/c1-5-19(4)11-17(21)16-10-12(2)20(13(16)3)15-8-6-14(18)7-9-15/h6-10H,5,11H2,1-4H3. The van der Waals surface area contributed by atoms with Gasteiger partial charge in [0.1, 0.15) is 5.82 Å². The summed E-state index contributed by atoms with van der Waals surface area (Å²) >= 11 is 0. The first kappa shape index (κ1) is 15.4. The zero-order valence-electron chi connectivity index (χ0n) is 13.0. The molecular weight excluding hydrogens is 267 g/mol. The van der Waals surface area contributed by atoms with Gasteiger partial charge in [-0.1, -0.05) is 6.92 Å². The van der Waals surface area contributed by atoms with E-state index in [2.05, 4.69) is 0 Å². The molecular formula is C17H21FN2O. The molecule has 0 spiro atoms. The summed E-state index contributed by atoms with van der Waals surface area (Å²) in [5, 5.41) is 0. The number of ketones is 1. The van der Waals surface area contributed by atoms with Crippen molar-refractivity contribution < 1.29 is 9.18 Å². The molecule has 2 aromatic rings. The van der Waals surface area contributed by atoms with E-state index < -0.39 is 0 Å². The van der Waals surface area contributed by atoms with Crippen LogP contribution in [0.3, 0.4) is 0 Å². The fourth-order valence-corrected chi connectivity index (χ4v) is 2.47. The first-order valence-electron chi connectivity index (χ1n) is 7.10. The van der Waals surface area contributed by atoms with Gasteiger partial charge in [-0.3, -0.25) is 9.69 Å². The molecule has 0 atom stereocenters. The number of nitrogens with zero attached hydrogens (tertiary/aromatic N) is 2. The van der Waals surface area contributed by atoms with Crippen LogP contribution in [0.4, 0.5) is 4.39 Å². The van der Waals surface area contributed by atoms with Crippen molar-refractivity contribution >= 4 is 5.78 Å². The maximum atomic E-state index is 13.1. The molecule has 0 saturated heterocycles. The third kappa shape index (κ3) is 3.22. The second kappa shape index (κ2) is 6.22. The third-order valence-corrected chi connectivity index (χ3v) is 3.77. The summed E-state index contributed by atoms with van der Waals surface area (Å²) in [5.74, 6) is -0.150. The number of benzene rings is 1. The zero-order chi connectivity index (χ0) is 15.6. The van der Waals surface area contributed by atoms with Gasteiger partial charge in [0.15, 0.2) is 5.78 Å². The second-order valence-electron chi connectivity index (χ2n) is 5.35. The summed E-state index contributed by atoms with van der Waals surface area (Å²) in [5.41, 5.74) is 3.47. The Morgan fingerprint density at radius 1 is 1.24 bits per heavy atom. The first-order valence-corrected chi connectivity index (χ1v) is 7.10. The summed E-state index contributed by atoms with van der Waals surface area (Å²) in [4.78, 5) is 14.3. The van der Waals surface area contributed by atoms with Crippen molar-refractivity contribution in [3.63, 3.8) is 0 Å². The topological polar surface area (TPSA) is 25.2 Å². The van der Waals surface area contributed by atoms with Crippen LogP contribution < -0.4 is 0 Å². The molecule has 1 aromatic carbocycles. The van der Waals surface area contributed by atoms with E-state index in [0.717, 1.165) is 29.2 Å². The molecule has 0 aliphatic rings. The van der Waals surface area contributed by atoms with Gasteiger partial charge < -0.3 is 4.57 Å². The highest BCUT2D eigenvalue weighted by molar-refractivity contribution is 5.99. The molecule has 4 heteroatoms. The largest absolute Gasteiger partial charge is 0.318 e. The molecule has 0 fully saturated rings. The number of hydrogen-bond donors (Lipinski definition) is 0. The lowest BCUT2D eigenvalue weighted by atomic mass is 10.1. The van der Waals surface area contributed by atoms with E-state index in [1.54, 1.807) is 12.1 Å². The van der Waals surface area contributed by atoms with E-state index in [-0.39, 0.29) is 11.6 Å². The molecule has 0 unspecified atom stereocenters. The zero-order valence-corrected chi connectivity index (χ0v) is 13.0. The molecule has 0 radical (unpaired) electrons. The molecule has 0 bridgehead atoms. The first-order chi connectivity index (χ1) is 9.93. The molecule has 0 aliphatic carbocycles. The molecule has 0 N–H and O–H groups in total. The van der Waals surface area contributed by atoms with E-state index in [9.17, 15) is 9.18 Å². The normalized spacial score (nSPS) is 11.1. The minimum absolute atomic E-state index is 0.112. The van der Waals surface area contributed by atoms with Gasteiger partial charge in [0.05, 0.1) is 6.54 Å². The maximum Gasteiger partial charge on any atom is 0.178 e. The molecule has 21 heavy (non-hydrogen) atoms. The summed E-state index contributed by atoms with van der Waals surface area (Å²) in [6.45, 7) is 7.15. The van der Waals surface area contributed by atoms with Gasteiger partial charge >= 0.3 is 0 Å². The van der Waals surface area contributed by atoms with Crippen LogP contribution in [0.1, 0.15) is 28.7 Å². The van der Waals surface area contributed by atoms with Crippen molar-refractivity contribution in [2.75, 3.05) is 20.1 Å². The van der Waals surface area contributed by atoms with Gasteiger partial charge in [-0.05, 0) is 57.8 Å². The molecule has 3 nitrogen and oxygen atoms in total.